The first-order valence-corrected chi connectivity index (χ1v) is 10.1. The van der Waals surface area contributed by atoms with Gasteiger partial charge in [-0.15, -0.1) is 0 Å². The van der Waals surface area contributed by atoms with E-state index in [1.807, 2.05) is 31.2 Å². The third kappa shape index (κ3) is 6.95. The van der Waals surface area contributed by atoms with Crippen LogP contribution in [-0.4, -0.2) is 35.2 Å². The van der Waals surface area contributed by atoms with Crippen molar-refractivity contribution in [1.29, 1.82) is 0 Å². The van der Waals surface area contributed by atoms with E-state index < -0.39 is 28.7 Å². The molecule has 0 saturated carbocycles. The molecule has 4 N–H and O–H groups in total. The van der Waals surface area contributed by atoms with Gasteiger partial charge in [-0.2, -0.15) is 0 Å². The highest BCUT2D eigenvalue weighted by Crippen LogP contribution is 2.22. The zero-order chi connectivity index (χ0) is 23.8. The number of nitro groups is 1. The smallest absolute Gasteiger partial charge is 0.270 e. The first-order valence-electron chi connectivity index (χ1n) is 9.72. The second-order valence-corrected chi connectivity index (χ2v) is 7.78. The number of amides is 3. The number of anilines is 1. The van der Waals surface area contributed by atoms with Crippen LogP contribution in [0.15, 0.2) is 42.5 Å². The van der Waals surface area contributed by atoms with E-state index in [9.17, 15) is 24.5 Å². The van der Waals surface area contributed by atoms with Crippen LogP contribution in [-0.2, 0) is 9.59 Å². The molecule has 170 valence electrons. The summed E-state index contributed by atoms with van der Waals surface area (Å²) in [6.07, 6.45) is 0. The standard InChI is InChI=1S/C21H24ClN5O5/c1-12(2)19(24-20(29)16-9-8-15(27(31)32)10-17(16)22)21(30)26-25-18(28)11-23-14-6-4-13(3)5-7-14/h4-10,12,19,23H,11H2,1-3H3,(H,24,29)(H,25,28)(H,26,30). The van der Waals surface area contributed by atoms with Crippen molar-refractivity contribution in [2.24, 2.45) is 5.92 Å². The topological polar surface area (TPSA) is 142 Å². The van der Waals surface area contributed by atoms with Crippen molar-refractivity contribution < 1.29 is 19.3 Å². The Bertz CT molecular complexity index is 1010. The summed E-state index contributed by atoms with van der Waals surface area (Å²) in [6, 6.07) is 9.88. The van der Waals surface area contributed by atoms with Crippen LogP contribution in [0.3, 0.4) is 0 Å². The Labute approximate surface area is 189 Å². The SMILES string of the molecule is Cc1ccc(NCC(=O)NNC(=O)C(NC(=O)c2ccc([N+](=O)[O-])cc2Cl)C(C)C)cc1. The predicted molar refractivity (Wildman–Crippen MR) is 120 cm³/mol. The van der Waals surface area contributed by atoms with Crippen LogP contribution in [0.4, 0.5) is 11.4 Å². The highest BCUT2D eigenvalue weighted by molar-refractivity contribution is 6.34. The quantitative estimate of drug-likeness (QED) is 0.351. The summed E-state index contributed by atoms with van der Waals surface area (Å²) >= 11 is 5.98. The largest absolute Gasteiger partial charge is 0.376 e. The Morgan fingerprint density at radius 1 is 1.06 bits per heavy atom. The number of nitrogens with one attached hydrogen (secondary N) is 4. The molecule has 0 aliphatic carbocycles. The minimum absolute atomic E-state index is 0.0120. The highest BCUT2D eigenvalue weighted by atomic mass is 35.5. The Kier molecular flexibility index (Phi) is 8.54. The number of nitro benzene ring substituents is 1. The number of nitrogens with zero attached hydrogens (tertiary/aromatic N) is 1. The molecule has 2 aromatic carbocycles. The molecule has 0 saturated heterocycles. The molecule has 0 aliphatic rings. The molecule has 0 bridgehead atoms. The summed E-state index contributed by atoms with van der Waals surface area (Å²) in [4.78, 5) is 47.2. The first kappa shape index (κ1) is 24.6. The van der Waals surface area contributed by atoms with Crippen molar-refractivity contribution in [3.05, 3.63) is 68.7 Å². The maximum atomic E-state index is 12.5. The third-order valence-corrected chi connectivity index (χ3v) is 4.79. The molecule has 0 spiro atoms. The number of hydrogen-bond acceptors (Lipinski definition) is 6. The molecule has 32 heavy (non-hydrogen) atoms. The average molecular weight is 462 g/mol. The fourth-order valence-corrected chi connectivity index (χ4v) is 2.92. The van der Waals surface area contributed by atoms with E-state index in [1.54, 1.807) is 13.8 Å². The van der Waals surface area contributed by atoms with Crippen LogP contribution in [0.25, 0.3) is 0 Å². The molecule has 0 radical (unpaired) electrons. The van der Waals surface area contributed by atoms with Gasteiger partial charge in [-0.05, 0) is 31.0 Å². The Morgan fingerprint density at radius 3 is 2.28 bits per heavy atom. The minimum Gasteiger partial charge on any atom is -0.376 e. The summed E-state index contributed by atoms with van der Waals surface area (Å²) in [7, 11) is 0. The molecule has 0 aliphatic heterocycles. The lowest BCUT2D eigenvalue weighted by atomic mass is 10.0. The summed E-state index contributed by atoms with van der Waals surface area (Å²) in [5.41, 5.74) is 6.15. The predicted octanol–water partition coefficient (Wildman–Crippen LogP) is 2.57. The van der Waals surface area contributed by atoms with Crippen LogP contribution in [0.2, 0.25) is 5.02 Å². The van der Waals surface area contributed by atoms with E-state index in [0.717, 1.165) is 23.4 Å². The Balaban J connectivity index is 1.92. The van der Waals surface area contributed by atoms with Crippen molar-refractivity contribution >= 4 is 40.7 Å². The number of hydrazine groups is 1. The van der Waals surface area contributed by atoms with Gasteiger partial charge in [0, 0.05) is 17.8 Å². The number of aryl methyl sites for hydroxylation is 1. The second kappa shape index (κ2) is 11.1. The monoisotopic (exact) mass is 461 g/mol. The highest BCUT2D eigenvalue weighted by Gasteiger charge is 2.26. The van der Waals surface area contributed by atoms with Crippen LogP contribution >= 0.6 is 11.6 Å². The molecular weight excluding hydrogens is 438 g/mol. The molecule has 11 heteroatoms. The van der Waals surface area contributed by atoms with Crippen molar-refractivity contribution in [2.75, 3.05) is 11.9 Å². The van der Waals surface area contributed by atoms with Gasteiger partial charge in [-0.25, -0.2) is 0 Å². The van der Waals surface area contributed by atoms with Crippen molar-refractivity contribution in [3.8, 4) is 0 Å². The molecule has 2 aromatic rings. The molecule has 10 nitrogen and oxygen atoms in total. The van der Waals surface area contributed by atoms with Gasteiger partial charge in [0.2, 0.25) is 0 Å². The van der Waals surface area contributed by atoms with E-state index in [1.165, 1.54) is 6.07 Å². The maximum Gasteiger partial charge on any atom is 0.270 e. The zero-order valence-corrected chi connectivity index (χ0v) is 18.5. The number of hydrogen-bond donors (Lipinski definition) is 4. The lowest BCUT2D eigenvalue weighted by Gasteiger charge is -2.22. The summed E-state index contributed by atoms with van der Waals surface area (Å²) in [6.45, 7) is 5.30. The van der Waals surface area contributed by atoms with Gasteiger partial charge in [0.15, 0.2) is 0 Å². The minimum atomic E-state index is -0.987. The lowest BCUT2D eigenvalue weighted by molar-refractivity contribution is -0.384. The third-order valence-electron chi connectivity index (χ3n) is 4.47. The van der Waals surface area contributed by atoms with Crippen molar-refractivity contribution in [2.45, 2.75) is 26.8 Å². The van der Waals surface area contributed by atoms with Crippen LogP contribution in [0.1, 0.15) is 29.8 Å². The van der Waals surface area contributed by atoms with Gasteiger partial charge < -0.3 is 10.6 Å². The van der Waals surface area contributed by atoms with Gasteiger partial charge in [0.25, 0.3) is 23.4 Å². The zero-order valence-electron chi connectivity index (χ0n) is 17.8. The van der Waals surface area contributed by atoms with Crippen LogP contribution in [0, 0.1) is 23.0 Å². The van der Waals surface area contributed by atoms with Gasteiger partial charge in [-0.1, -0.05) is 43.1 Å². The fraction of sp³-hybridized carbons (Fsp3) is 0.286. The van der Waals surface area contributed by atoms with Gasteiger partial charge in [-0.3, -0.25) is 35.3 Å². The number of non-ortho nitro benzene ring substituents is 1. The number of rotatable bonds is 8. The molecule has 0 aromatic heterocycles. The van der Waals surface area contributed by atoms with E-state index in [-0.39, 0.29) is 28.7 Å². The second-order valence-electron chi connectivity index (χ2n) is 7.37. The van der Waals surface area contributed by atoms with Crippen molar-refractivity contribution in [3.63, 3.8) is 0 Å². The molecule has 0 heterocycles. The molecule has 2 rings (SSSR count). The van der Waals surface area contributed by atoms with Crippen LogP contribution in [0.5, 0.6) is 0 Å². The number of halogens is 1. The summed E-state index contributed by atoms with van der Waals surface area (Å²) in [5, 5.41) is 16.2. The molecule has 3 amide bonds. The van der Waals surface area contributed by atoms with E-state index in [2.05, 4.69) is 21.5 Å². The maximum absolute atomic E-state index is 12.5. The molecule has 0 fully saturated rings. The van der Waals surface area contributed by atoms with Gasteiger partial charge >= 0.3 is 0 Å². The Morgan fingerprint density at radius 2 is 1.72 bits per heavy atom. The molecule has 1 atom stereocenters. The normalized spacial score (nSPS) is 11.4. The lowest BCUT2D eigenvalue weighted by Crippen LogP contribution is -2.55. The van der Waals surface area contributed by atoms with Gasteiger partial charge in [0.1, 0.15) is 6.04 Å². The number of carbonyl (C=O) groups is 3. The molecule has 1 unspecified atom stereocenters. The van der Waals surface area contributed by atoms with Gasteiger partial charge in [0.05, 0.1) is 22.1 Å². The fourth-order valence-electron chi connectivity index (χ4n) is 2.66. The number of benzene rings is 2. The first-order chi connectivity index (χ1) is 15.1. The average Bonchev–Trinajstić information content (AvgIpc) is 2.74. The number of carbonyl (C=O) groups excluding carboxylic acids is 3. The summed E-state index contributed by atoms with van der Waals surface area (Å²) in [5.74, 6) is -2.11. The van der Waals surface area contributed by atoms with E-state index in [0.29, 0.717) is 0 Å². The van der Waals surface area contributed by atoms with Crippen molar-refractivity contribution in [1.82, 2.24) is 16.2 Å². The summed E-state index contributed by atoms with van der Waals surface area (Å²) < 4.78 is 0. The van der Waals surface area contributed by atoms with Crippen LogP contribution < -0.4 is 21.5 Å². The Hall–Kier alpha value is -3.66. The molecular formula is C21H24ClN5O5. The van der Waals surface area contributed by atoms with E-state index >= 15 is 0 Å². The van der Waals surface area contributed by atoms with E-state index in [4.69, 9.17) is 11.6 Å².